The summed E-state index contributed by atoms with van der Waals surface area (Å²) in [5.74, 6) is 0.0217. The van der Waals surface area contributed by atoms with Gasteiger partial charge in [0, 0.05) is 32.4 Å². The third-order valence-electron chi connectivity index (χ3n) is 3.93. The number of likely N-dealkylation sites (N-methyl/N-ethyl adjacent to an activating group) is 1. The lowest BCUT2D eigenvalue weighted by atomic mass is 10.2. The number of rotatable bonds is 3. The Kier molecular flexibility index (Phi) is 4.79. The third kappa shape index (κ3) is 3.81. The lowest BCUT2D eigenvalue weighted by Crippen LogP contribution is -2.47. The Bertz CT molecular complexity index is 698. The van der Waals surface area contributed by atoms with Gasteiger partial charge in [-0.15, -0.1) is 0 Å². The molecule has 5 nitrogen and oxygen atoms in total. The van der Waals surface area contributed by atoms with Crippen molar-refractivity contribution in [2.75, 3.05) is 38.5 Å². The van der Waals surface area contributed by atoms with E-state index in [4.69, 9.17) is 11.6 Å². The lowest BCUT2D eigenvalue weighted by molar-refractivity contribution is 0.0663. The first-order chi connectivity index (χ1) is 11.1. The molecule has 0 unspecified atom stereocenters. The topological polar surface area (TPSA) is 48.5 Å². The second-order valence-corrected chi connectivity index (χ2v) is 6.07. The Morgan fingerprint density at radius 2 is 1.91 bits per heavy atom. The first-order valence-electron chi connectivity index (χ1n) is 7.58. The molecule has 1 N–H and O–H groups in total. The van der Waals surface area contributed by atoms with E-state index < -0.39 is 0 Å². The highest BCUT2D eigenvalue weighted by Crippen LogP contribution is 2.25. The van der Waals surface area contributed by atoms with E-state index in [0.717, 1.165) is 37.6 Å². The summed E-state index contributed by atoms with van der Waals surface area (Å²) < 4.78 is 0. The van der Waals surface area contributed by atoms with E-state index in [1.165, 1.54) is 0 Å². The minimum absolute atomic E-state index is 0.0217. The van der Waals surface area contributed by atoms with Gasteiger partial charge in [-0.25, -0.2) is 0 Å². The molecule has 0 saturated carbocycles. The van der Waals surface area contributed by atoms with Crippen LogP contribution in [0.3, 0.4) is 0 Å². The number of piperazine rings is 1. The van der Waals surface area contributed by atoms with Gasteiger partial charge in [0.2, 0.25) is 0 Å². The molecule has 120 valence electrons. The molecule has 2 heterocycles. The molecule has 1 aromatic carbocycles. The highest BCUT2D eigenvalue weighted by atomic mass is 35.5. The van der Waals surface area contributed by atoms with Gasteiger partial charge < -0.3 is 15.1 Å². The summed E-state index contributed by atoms with van der Waals surface area (Å²) in [6.07, 6.45) is 3.29. The summed E-state index contributed by atoms with van der Waals surface area (Å²) in [5.41, 5.74) is 2.13. The fourth-order valence-electron chi connectivity index (χ4n) is 2.54. The van der Waals surface area contributed by atoms with Crippen LogP contribution in [0, 0.1) is 0 Å². The number of pyridine rings is 1. The minimum atomic E-state index is 0.0217. The number of anilines is 2. The summed E-state index contributed by atoms with van der Waals surface area (Å²) in [4.78, 5) is 20.9. The van der Waals surface area contributed by atoms with Gasteiger partial charge in [0.25, 0.3) is 5.91 Å². The number of carbonyl (C=O) groups is 1. The standard InChI is InChI=1S/C17H19ClN4O/c1-21-6-8-22(9-7-21)17(23)13-10-14(12-19-11-13)20-16-5-3-2-4-15(16)18/h2-5,10-12,20H,6-9H2,1H3. The second kappa shape index (κ2) is 6.98. The van der Waals surface area contributed by atoms with Crippen molar-refractivity contribution in [3.63, 3.8) is 0 Å². The summed E-state index contributed by atoms with van der Waals surface area (Å²) in [7, 11) is 2.07. The van der Waals surface area contributed by atoms with Crippen LogP contribution in [-0.4, -0.2) is 53.9 Å². The fraction of sp³-hybridized carbons (Fsp3) is 0.294. The van der Waals surface area contributed by atoms with Gasteiger partial charge in [-0.3, -0.25) is 9.78 Å². The van der Waals surface area contributed by atoms with E-state index >= 15 is 0 Å². The molecule has 2 aromatic rings. The Labute approximate surface area is 140 Å². The van der Waals surface area contributed by atoms with Crippen LogP contribution in [0.25, 0.3) is 0 Å². The van der Waals surface area contributed by atoms with Crippen LogP contribution in [0.15, 0.2) is 42.7 Å². The number of benzene rings is 1. The van der Waals surface area contributed by atoms with Crippen LogP contribution in [-0.2, 0) is 0 Å². The van der Waals surface area contributed by atoms with Crippen molar-refractivity contribution in [2.45, 2.75) is 0 Å². The predicted octanol–water partition coefficient (Wildman–Crippen LogP) is 2.87. The Morgan fingerprint density at radius 1 is 1.17 bits per heavy atom. The monoisotopic (exact) mass is 330 g/mol. The largest absolute Gasteiger partial charge is 0.353 e. The lowest BCUT2D eigenvalue weighted by Gasteiger charge is -2.32. The molecule has 1 amide bonds. The van der Waals surface area contributed by atoms with Gasteiger partial charge in [0.1, 0.15) is 0 Å². The van der Waals surface area contributed by atoms with Crippen molar-refractivity contribution >= 4 is 28.9 Å². The molecule has 1 fully saturated rings. The highest BCUT2D eigenvalue weighted by molar-refractivity contribution is 6.33. The van der Waals surface area contributed by atoms with Crippen LogP contribution < -0.4 is 5.32 Å². The van der Waals surface area contributed by atoms with Crippen molar-refractivity contribution in [2.24, 2.45) is 0 Å². The van der Waals surface area contributed by atoms with Gasteiger partial charge in [0.05, 0.1) is 28.2 Å². The van der Waals surface area contributed by atoms with Gasteiger partial charge in [-0.1, -0.05) is 23.7 Å². The minimum Gasteiger partial charge on any atom is -0.353 e. The number of hydrogen-bond acceptors (Lipinski definition) is 4. The van der Waals surface area contributed by atoms with Crippen molar-refractivity contribution in [1.29, 1.82) is 0 Å². The molecule has 3 rings (SSSR count). The van der Waals surface area contributed by atoms with E-state index in [1.807, 2.05) is 35.2 Å². The number of hydrogen-bond donors (Lipinski definition) is 1. The molecule has 1 aliphatic rings. The molecule has 0 atom stereocenters. The molecule has 0 bridgehead atoms. The third-order valence-corrected chi connectivity index (χ3v) is 4.26. The second-order valence-electron chi connectivity index (χ2n) is 5.66. The smallest absolute Gasteiger partial charge is 0.255 e. The molecule has 1 aliphatic heterocycles. The maximum absolute atomic E-state index is 12.6. The molecule has 0 spiro atoms. The number of nitrogens with one attached hydrogen (secondary N) is 1. The zero-order valence-corrected chi connectivity index (χ0v) is 13.8. The average molecular weight is 331 g/mol. The first-order valence-corrected chi connectivity index (χ1v) is 7.96. The van der Waals surface area contributed by atoms with Crippen LogP contribution in [0.1, 0.15) is 10.4 Å². The molecular weight excluding hydrogens is 312 g/mol. The SMILES string of the molecule is CN1CCN(C(=O)c2cncc(Nc3ccccc3Cl)c2)CC1. The van der Waals surface area contributed by atoms with Crippen LogP contribution in [0.5, 0.6) is 0 Å². The number of nitrogens with zero attached hydrogens (tertiary/aromatic N) is 3. The molecule has 0 aliphatic carbocycles. The zero-order valence-electron chi connectivity index (χ0n) is 13.0. The van der Waals surface area contributed by atoms with Crippen LogP contribution >= 0.6 is 11.6 Å². The van der Waals surface area contributed by atoms with Crippen molar-refractivity contribution in [1.82, 2.24) is 14.8 Å². The van der Waals surface area contributed by atoms with Gasteiger partial charge in [-0.05, 0) is 25.2 Å². The zero-order chi connectivity index (χ0) is 16.2. The molecule has 1 aromatic heterocycles. The summed E-state index contributed by atoms with van der Waals surface area (Å²) in [5, 5.41) is 3.83. The predicted molar refractivity (Wildman–Crippen MR) is 92.4 cm³/mol. The van der Waals surface area contributed by atoms with Gasteiger partial charge in [0.15, 0.2) is 0 Å². The van der Waals surface area contributed by atoms with E-state index in [-0.39, 0.29) is 5.91 Å². The molecule has 0 radical (unpaired) electrons. The Hall–Kier alpha value is -2.11. The molecule has 6 heteroatoms. The Balaban J connectivity index is 1.75. The maximum Gasteiger partial charge on any atom is 0.255 e. The molecule has 1 saturated heterocycles. The number of amides is 1. The number of para-hydroxylation sites is 1. The van der Waals surface area contributed by atoms with Crippen molar-refractivity contribution < 1.29 is 4.79 Å². The summed E-state index contributed by atoms with van der Waals surface area (Å²) in [6.45, 7) is 3.29. The van der Waals surface area contributed by atoms with E-state index in [2.05, 4.69) is 22.2 Å². The molecule has 23 heavy (non-hydrogen) atoms. The van der Waals surface area contributed by atoms with Gasteiger partial charge in [-0.2, -0.15) is 0 Å². The number of carbonyl (C=O) groups excluding carboxylic acids is 1. The summed E-state index contributed by atoms with van der Waals surface area (Å²) >= 11 is 6.15. The van der Waals surface area contributed by atoms with E-state index in [0.29, 0.717) is 10.6 Å². The van der Waals surface area contributed by atoms with E-state index in [1.54, 1.807) is 12.4 Å². The molecular formula is C17H19ClN4O. The maximum atomic E-state index is 12.6. The normalized spacial score (nSPS) is 15.5. The van der Waals surface area contributed by atoms with Gasteiger partial charge >= 0.3 is 0 Å². The quantitative estimate of drug-likeness (QED) is 0.940. The average Bonchev–Trinajstić information content (AvgIpc) is 2.57. The highest BCUT2D eigenvalue weighted by Gasteiger charge is 2.20. The first kappa shape index (κ1) is 15.8. The number of aromatic nitrogens is 1. The summed E-state index contributed by atoms with van der Waals surface area (Å²) in [6, 6.07) is 9.30. The van der Waals surface area contributed by atoms with E-state index in [9.17, 15) is 4.79 Å². The van der Waals surface area contributed by atoms with Crippen LogP contribution in [0.2, 0.25) is 5.02 Å². The van der Waals surface area contributed by atoms with Crippen LogP contribution in [0.4, 0.5) is 11.4 Å². The number of halogens is 1. The van der Waals surface area contributed by atoms with Crippen molar-refractivity contribution in [3.05, 3.63) is 53.3 Å². The van der Waals surface area contributed by atoms with Crippen molar-refractivity contribution in [3.8, 4) is 0 Å². The fourth-order valence-corrected chi connectivity index (χ4v) is 2.72. The Morgan fingerprint density at radius 3 is 2.65 bits per heavy atom.